The van der Waals surface area contributed by atoms with Gasteiger partial charge in [-0.05, 0) is 43.0 Å². The van der Waals surface area contributed by atoms with Crippen molar-refractivity contribution in [3.8, 4) is 0 Å². The maximum Gasteiger partial charge on any atom is 0.241 e. The largest absolute Gasteiger partial charge is 0.316 e. The van der Waals surface area contributed by atoms with Crippen molar-refractivity contribution in [2.24, 2.45) is 5.41 Å². The Kier molecular flexibility index (Phi) is 4.18. The van der Waals surface area contributed by atoms with Gasteiger partial charge in [0.05, 0.1) is 4.90 Å². The summed E-state index contributed by atoms with van der Waals surface area (Å²) in [7, 11) is -3.70. The molecule has 1 heterocycles. The van der Waals surface area contributed by atoms with Gasteiger partial charge in [-0.1, -0.05) is 19.9 Å². The van der Waals surface area contributed by atoms with Crippen LogP contribution >= 0.6 is 0 Å². The maximum atomic E-state index is 13.3. The Morgan fingerprint density at radius 1 is 1.40 bits per heavy atom. The molecule has 6 heteroatoms. The maximum absolute atomic E-state index is 13.3. The monoisotopic (exact) mass is 300 g/mol. The molecule has 0 radical (unpaired) electrons. The van der Waals surface area contributed by atoms with Crippen molar-refractivity contribution < 1.29 is 12.8 Å². The molecule has 1 fully saturated rings. The Morgan fingerprint density at radius 2 is 2.10 bits per heavy atom. The summed E-state index contributed by atoms with van der Waals surface area (Å²) >= 11 is 0. The summed E-state index contributed by atoms with van der Waals surface area (Å²) in [5.41, 5.74) is 0.373. The van der Waals surface area contributed by atoms with Crippen LogP contribution in [0.25, 0.3) is 0 Å². The Morgan fingerprint density at radius 3 is 2.75 bits per heavy atom. The summed E-state index contributed by atoms with van der Waals surface area (Å²) < 4.78 is 41.0. The quantitative estimate of drug-likeness (QED) is 0.895. The van der Waals surface area contributed by atoms with Crippen molar-refractivity contribution in [3.63, 3.8) is 0 Å². The van der Waals surface area contributed by atoms with Gasteiger partial charge in [-0.25, -0.2) is 17.5 Å². The van der Waals surface area contributed by atoms with Gasteiger partial charge in [0.15, 0.2) is 0 Å². The molecule has 1 atom stereocenters. The van der Waals surface area contributed by atoms with Crippen LogP contribution in [0.3, 0.4) is 0 Å². The normalized spacial score (nSPS) is 22.7. The number of benzene rings is 1. The minimum atomic E-state index is -3.70. The number of halogens is 1. The van der Waals surface area contributed by atoms with E-state index in [0.717, 1.165) is 25.6 Å². The second-order valence-corrected chi connectivity index (χ2v) is 7.72. The van der Waals surface area contributed by atoms with Gasteiger partial charge >= 0.3 is 0 Å². The van der Waals surface area contributed by atoms with E-state index in [9.17, 15) is 12.8 Å². The molecule has 1 aliphatic heterocycles. The zero-order chi connectivity index (χ0) is 15.0. The molecule has 1 saturated heterocycles. The molecule has 112 valence electrons. The minimum absolute atomic E-state index is 0.0202. The molecule has 0 saturated carbocycles. The number of nitrogens with one attached hydrogen (secondary N) is 2. The van der Waals surface area contributed by atoms with Gasteiger partial charge in [-0.15, -0.1) is 0 Å². The lowest BCUT2D eigenvalue weighted by Crippen LogP contribution is -2.54. The van der Waals surface area contributed by atoms with Crippen LogP contribution in [0.2, 0.25) is 0 Å². The third kappa shape index (κ3) is 3.19. The lowest BCUT2D eigenvalue weighted by Gasteiger charge is -2.39. The number of sulfonamides is 1. The highest BCUT2D eigenvalue weighted by molar-refractivity contribution is 7.89. The first-order valence-electron chi connectivity index (χ1n) is 6.71. The van der Waals surface area contributed by atoms with Crippen LogP contribution < -0.4 is 10.0 Å². The minimum Gasteiger partial charge on any atom is -0.316 e. The van der Waals surface area contributed by atoms with Crippen LogP contribution in [-0.4, -0.2) is 27.5 Å². The number of hydrogen-bond acceptors (Lipinski definition) is 3. The second-order valence-electron chi connectivity index (χ2n) is 6.04. The molecule has 20 heavy (non-hydrogen) atoms. The van der Waals surface area contributed by atoms with E-state index < -0.39 is 15.8 Å². The molecule has 1 aromatic rings. The van der Waals surface area contributed by atoms with Crippen LogP contribution in [0.1, 0.15) is 25.8 Å². The fourth-order valence-electron chi connectivity index (χ4n) is 2.50. The first-order chi connectivity index (χ1) is 9.22. The standard InChI is InChI=1S/C14H21FN2O2S/c1-10-4-5-11(15)8-12(10)20(18,19)17-13-6-7-16-9-14(13,2)3/h4-5,8,13,16-17H,6-7,9H2,1-3H3. The average Bonchev–Trinajstić information content (AvgIpc) is 2.34. The molecule has 1 unspecified atom stereocenters. The average molecular weight is 300 g/mol. The molecule has 0 bridgehead atoms. The summed E-state index contributed by atoms with van der Waals surface area (Å²) in [5, 5.41) is 3.26. The highest BCUT2D eigenvalue weighted by Gasteiger charge is 2.35. The van der Waals surface area contributed by atoms with E-state index in [2.05, 4.69) is 10.0 Å². The third-order valence-corrected chi connectivity index (χ3v) is 5.48. The molecule has 4 nitrogen and oxygen atoms in total. The lowest BCUT2D eigenvalue weighted by molar-refractivity contribution is 0.206. The SMILES string of the molecule is Cc1ccc(F)cc1S(=O)(=O)NC1CCNCC1(C)C. The van der Waals surface area contributed by atoms with E-state index in [4.69, 9.17) is 0 Å². The van der Waals surface area contributed by atoms with Crippen LogP contribution in [0.4, 0.5) is 4.39 Å². The second kappa shape index (κ2) is 5.42. The summed E-state index contributed by atoms with van der Waals surface area (Å²) in [6.45, 7) is 7.23. The molecule has 0 amide bonds. The summed E-state index contributed by atoms with van der Waals surface area (Å²) in [6, 6.07) is 3.67. The molecule has 2 N–H and O–H groups in total. The van der Waals surface area contributed by atoms with Gasteiger partial charge in [0, 0.05) is 12.6 Å². The van der Waals surface area contributed by atoms with Gasteiger partial charge in [-0.3, -0.25) is 0 Å². The van der Waals surface area contributed by atoms with Gasteiger partial charge in [0.25, 0.3) is 0 Å². The van der Waals surface area contributed by atoms with Crippen molar-refractivity contribution in [3.05, 3.63) is 29.6 Å². The van der Waals surface area contributed by atoms with Crippen molar-refractivity contribution in [2.75, 3.05) is 13.1 Å². The topological polar surface area (TPSA) is 58.2 Å². The van der Waals surface area contributed by atoms with E-state index in [1.165, 1.54) is 12.1 Å². The van der Waals surface area contributed by atoms with Crippen LogP contribution in [-0.2, 0) is 10.0 Å². The molecule has 0 aliphatic carbocycles. The van der Waals surface area contributed by atoms with Gasteiger partial charge in [-0.2, -0.15) is 0 Å². The molecule has 2 rings (SSSR count). The molecule has 1 aromatic carbocycles. The van der Waals surface area contributed by atoms with Crippen molar-refractivity contribution in [2.45, 2.75) is 38.1 Å². The fourth-order valence-corrected chi connectivity index (χ4v) is 4.20. The first kappa shape index (κ1) is 15.4. The van der Waals surface area contributed by atoms with Gasteiger partial charge in [0.1, 0.15) is 5.82 Å². The molecular formula is C14H21FN2O2S. The Labute approximate surface area is 119 Å². The zero-order valence-electron chi connectivity index (χ0n) is 12.0. The molecule has 1 aliphatic rings. The van der Waals surface area contributed by atoms with E-state index in [1.54, 1.807) is 6.92 Å². The summed E-state index contributed by atoms with van der Waals surface area (Å²) in [4.78, 5) is 0.0202. The van der Waals surface area contributed by atoms with Crippen molar-refractivity contribution in [1.29, 1.82) is 0 Å². The highest BCUT2D eigenvalue weighted by atomic mass is 32.2. The number of hydrogen-bond donors (Lipinski definition) is 2. The fraction of sp³-hybridized carbons (Fsp3) is 0.571. The summed E-state index contributed by atoms with van der Waals surface area (Å²) in [5.74, 6) is -0.541. The number of aryl methyl sites for hydroxylation is 1. The molecule has 0 spiro atoms. The van der Waals surface area contributed by atoms with Crippen molar-refractivity contribution in [1.82, 2.24) is 10.0 Å². The van der Waals surface area contributed by atoms with Gasteiger partial charge in [0.2, 0.25) is 10.0 Å². The Bertz CT molecular complexity index is 599. The predicted molar refractivity (Wildman–Crippen MR) is 76.5 cm³/mol. The predicted octanol–water partition coefficient (Wildman–Crippen LogP) is 1.80. The Hall–Kier alpha value is -0.980. The van der Waals surface area contributed by atoms with E-state index >= 15 is 0 Å². The van der Waals surface area contributed by atoms with E-state index in [-0.39, 0.29) is 16.4 Å². The molecule has 0 aromatic heterocycles. The zero-order valence-corrected chi connectivity index (χ0v) is 12.8. The third-order valence-electron chi connectivity index (χ3n) is 3.87. The summed E-state index contributed by atoms with van der Waals surface area (Å²) in [6.07, 6.45) is 0.723. The van der Waals surface area contributed by atoms with Crippen LogP contribution in [0.15, 0.2) is 23.1 Å². The highest BCUT2D eigenvalue weighted by Crippen LogP contribution is 2.27. The smallest absolute Gasteiger partial charge is 0.241 e. The van der Waals surface area contributed by atoms with Crippen LogP contribution in [0, 0.1) is 18.2 Å². The lowest BCUT2D eigenvalue weighted by atomic mass is 9.81. The van der Waals surface area contributed by atoms with Crippen molar-refractivity contribution >= 4 is 10.0 Å². The number of rotatable bonds is 3. The van der Waals surface area contributed by atoms with E-state index in [1.807, 2.05) is 13.8 Å². The first-order valence-corrected chi connectivity index (χ1v) is 8.20. The van der Waals surface area contributed by atoms with Gasteiger partial charge < -0.3 is 5.32 Å². The number of piperidine rings is 1. The van der Waals surface area contributed by atoms with Crippen LogP contribution in [0.5, 0.6) is 0 Å². The molecular weight excluding hydrogens is 279 g/mol. The Balaban J connectivity index is 2.29. The van der Waals surface area contributed by atoms with E-state index in [0.29, 0.717) is 5.56 Å².